The summed E-state index contributed by atoms with van der Waals surface area (Å²) in [6.45, 7) is 2.06. The first kappa shape index (κ1) is 11.8. The first-order valence-electron chi connectivity index (χ1n) is 6.07. The van der Waals surface area contributed by atoms with E-state index in [4.69, 9.17) is 0 Å². The number of carbonyl (C=O) groups is 2. The number of Topliss-reactive ketones (excluding diaryl/α,β-unsaturated/α-hetero) is 1. The molecule has 2 rings (SSSR count). The molecule has 0 bridgehead atoms. The van der Waals surface area contributed by atoms with Crippen LogP contribution < -0.4 is 4.90 Å². The van der Waals surface area contributed by atoms with Crippen LogP contribution in [0.4, 0.5) is 5.69 Å². The number of benzene rings is 1. The van der Waals surface area contributed by atoms with Crippen molar-refractivity contribution in [2.24, 2.45) is 5.92 Å². The zero-order chi connectivity index (χ0) is 12.4. The third kappa shape index (κ3) is 1.97. The first-order valence-corrected chi connectivity index (χ1v) is 6.07. The smallest absolute Gasteiger partial charge is 0.237 e. The van der Waals surface area contributed by atoms with Gasteiger partial charge in [-0.3, -0.25) is 9.59 Å². The standard InChI is InChI=1S/C14H17NO2/c1-3-4-7-11-13(16)10-8-5-6-9-12(10)15(2)14(11)17/h5-6,8-9,11H,3-4,7H2,1-2H3. The summed E-state index contributed by atoms with van der Waals surface area (Å²) in [5.74, 6) is -0.561. The molecule has 1 heterocycles. The maximum atomic E-state index is 12.2. The lowest BCUT2D eigenvalue weighted by Crippen LogP contribution is -2.42. The summed E-state index contributed by atoms with van der Waals surface area (Å²) < 4.78 is 0. The van der Waals surface area contributed by atoms with Crippen molar-refractivity contribution in [3.63, 3.8) is 0 Å². The van der Waals surface area contributed by atoms with Crippen molar-refractivity contribution in [1.29, 1.82) is 0 Å². The molecule has 1 atom stereocenters. The largest absolute Gasteiger partial charge is 0.314 e. The van der Waals surface area contributed by atoms with Gasteiger partial charge < -0.3 is 4.90 Å². The van der Waals surface area contributed by atoms with Crippen LogP contribution in [-0.2, 0) is 4.79 Å². The van der Waals surface area contributed by atoms with Gasteiger partial charge in [0.05, 0.1) is 5.69 Å². The van der Waals surface area contributed by atoms with Gasteiger partial charge in [0.2, 0.25) is 5.91 Å². The lowest BCUT2D eigenvalue weighted by molar-refractivity contribution is -0.121. The molecule has 1 aliphatic rings. The normalized spacial score (nSPS) is 19.4. The van der Waals surface area contributed by atoms with E-state index in [2.05, 4.69) is 6.92 Å². The average molecular weight is 231 g/mol. The Kier molecular flexibility index (Phi) is 3.27. The van der Waals surface area contributed by atoms with E-state index in [0.717, 1.165) is 18.5 Å². The summed E-state index contributed by atoms with van der Waals surface area (Å²) in [4.78, 5) is 25.9. The lowest BCUT2D eigenvalue weighted by atomic mass is 9.87. The van der Waals surface area contributed by atoms with Crippen molar-refractivity contribution in [2.45, 2.75) is 26.2 Å². The van der Waals surface area contributed by atoms with Crippen molar-refractivity contribution in [1.82, 2.24) is 0 Å². The molecule has 1 aromatic rings. The molecular weight excluding hydrogens is 214 g/mol. The van der Waals surface area contributed by atoms with Crippen molar-refractivity contribution in [2.75, 3.05) is 11.9 Å². The predicted octanol–water partition coefficient (Wildman–Crippen LogP) is 2.65. The summed E-state index contributed by atoms with van der Waals surface area (Å²) in [6.07, 6.45) is 2.58. The number of unbranched alkanes of at least 4 members (excludes halogenated alkanes) is 1. The van der Waals surface area contributed by atoms with Crippen LogP contribution in [0.2, 0.25) is 0 Å². The van der Waals surface area contributed by atoms with Gasteiger partial charge in [0.1, 0.15) is 5.92 Å². The van der Waals surface area contributed by atoms with Gasteiger partial charge in [-0.05, 0) is 18.6 Å². The van der Waals surface area contributed by atoms with E-state index < -0.39 is 5.92 Å². The van der Waals surface area contributed by atoms with E-state index in [9.17, 15) is 9.59 Å². The molecule has 0 spiro atoms. The molecule has 0 fully saturated rings. The van der Waals surface area contributed by atoms with Gasteiger partial charge in [0.15, 0.2) is 5.78 Å². The number of nitrogens with zero attached hydrogens (tertiary/aromatic N) is 1. The van der Waals surface area contributed by atoms with Crippen LogP contribution in [0.5, 0.6) is 0 Å². The van der Waals surface area contributed by atoms with Crippen LogP contribution in [0, 0.1) is 5.92 Å². The first-order chi connectivity index (χ1) is 8.16. The van der Waals surface area contributed by atoms with Gasteiger partial charge in [0, 0.05) is 12.6 Å². The van der Waals surface area contributed by atoms with E-state index in [1.54, 1.807) is 18.0 Å². The van der Waals surface area contributed by atoms with Gasteiger partial charge in [-0.1, -0.05) is 31.9 Å². The summed E-state index contributed by atoms with van der Waals surface area (Å²) >= 11 is 0. The second-order valence-corrected chi connectivity index (χ2v) is 4.47. The van der Waals surface area contributed by atoms with Crippen molar-refractivity contribution < 1.29 is 9.59 Å². The Bertz CT molecular complexity index is 453. The SMILES string of the molecule is CCCCC1C(=O)c2ccccc2N(C)C1=O. The van der Waals surface area contributed by atoms with Crippen LogP contribution in [0.3, 0.4) is 0 Å². The number of fused-ring (bicyclic) bond motifs is 1. The summed E-state index contributed by atoms with van der Waals surface area (Å²) in [5.41, 5.74) is 1.41. The Balaban J connectivity index is 2.36. The number of anilines is 1. The van der Waals surface area contributed by atoms with Crippen molar-refractivity contribution >= 4 is 17.4 Å². The Morgan fingerprint density at radius 3 is 2.65 bits per heavy atom. The van der Waals surface area contributed by atoms with Gasteiger partial charge in [-0.25, -0.2) is 0 Å². The Morgan fingerprint density at radius 1 is 1.24 bits per heavy atom. The second kappa shape index (κ2) is 4.70. The van der Waals surface area contributed by atoms with Crippen LogP contribution in [0.15, 0.2) is 24.3 Å². The number of rotatable bonds is 3. The summed E-state index contributed by atoms with van der Waals surface area (Å²) in [6, 6.07) is 7.32. The van der Waals surface area contributed by atoms with Gasteiger partial charge >= 0.3 is 0 Å². The molecule has 1 aromatic carbocycles. The minimum absolute atomic E-state index is 0.0165. The van der Waals surface area contributed by atoms with Crippen LogP contribution in [0.25, 0.3) is 0 Å². The second-order valence-electron chi connectivity index (χ2n) is 4.47. The highest BCUT2D eigenvalue weighted by molar-refractivity contribution is 6.21. The molecule has 17 heavy (non-hydrogen) atoms. The summed E-state index contributed by atoms with van der Waals surface area (Å²) in [7, 11) is 1.74. The quantitative estimate of drug-likeness (QED) is 0.750. The number of hydrogen-bond acceptors (Lipinski definition) is 2. The van der Waals surface area contributed by atoms with Crippen LogP contribution in [0.1, 0.15) is 36.5 Å². The van der Waals surface area contributed by atoms with E-state index in [1.165, 1.54) is 0 Å². The molecule has 0 radical (unpaired) electrons. The van der Waals surface area contributed by atoms with E-state index in [-0.39, 0.29) is 11.7 Å². The average Bonchev–Trinajstić information content (AvgIpc) is 2.36. The third-order valence-electron chi connectivity index (χ3n) is 3.32. The highest BCUT2D eigenvalue weighted by Gasteiger charge is 2.36. The van der Waals surface area contributed by atoms with Crippen molar-refractivity contribution in [3.8, 4) is 0 Å². The van der Waals surface area contributed by atoms with Crippen LogP contribution >= 0.6 is 0 Å². The predicted molar refractivity (Wildman–Crippen MR) is 67.2 cm³/mol. The Hall–Kier alpha value is -1.64. The minimum atomic E-state index is -0.477. The van der Waals surface area contributed by atoms with E-state index in [1.807, 2.05) is 18.2 Å². The lowest BCUT2D eigenvalue weighted by Gasteiger charge is -2.30. The molecule has 0 saturated heterocycles. The number of carbonyl (C=O) groups excluding carboxylic acids is 2. The van der Waals surface area contributed by atoms with E-state index >= 15 is 0 Å². The Morgan fingerprint density at radius 2 is 1.94 bits per heavy atom. The highest BCUT2D eigenvalue weighted by atomic mass is 16.2. The Labute approximate surface area is 101 Å². The molecular formula is C14H17NO2. The fourth-order valence-corrected chi connectivity index (χ4v) is 2.29. The maximum Gasteiger partial charge on any atom is 0.237 e. The number of ketones is 1. The molecule has 0 saturated carbocycles. The number of para-hydroxylation sites is 1. The highest BCUT2D eigenvalue weighted by Crippen LogP contribution is 2.31. The fraction of sp³-hybridized carbons (Fsp3) is 0.429. The molecule has 1 aliphatic heterocycles. The molecule has 3 nitrogen and oxygen atoms in total. The minimum Gasteiger partial charge on any atom is -0.314 e. The molecule has 0 aromatic heterocycles. The van der Waals surface area contributed by atoms with E-state index in [0.29, 0.717) is 12.0 Å². The van der Waals surface area contributed by atoms with Gasteiger partial charge in [0.25, 0.3) is 0 Å². The molecule has 90 valence electrons. The van der Waals surface area contributed by atoms with Crippen molar-refractivity contribution in [3.05, 3.63) is 29.8 Å². The zero-order valence-corrected chi connectivity index (χ0v) is 10.3. The number of amides is 1. The maximum absolute atomic E-state index is 12.2. The molecule has 3 heteroatoms. The molecule has 1 unspecified atom stereocenters. The van der Waals surface area contributed by atoms with Crippen LogP contribution in [-0.4, -0.2) is 18.7 Å². The molecule has 0 N–H and O–H groups in total. The third-order valence-corrected chi connectivity index (χ3v) is 3.32. The van der Waals surface area contributed by atoms with Gasteiger partial charge in [-0.2, -0.15) is 0 Å². The topological polar surface area (TPSA) is 37.4 Å². The molecule has 1 amide bonds. The molecule has 0 aliphatic carbocycles. The summed E-state index contributed by atoms with van der Waals surface area (Å²) in [5, 5.41) is 0. The monoisotopic (exact) mass is 231 g/mol. The fourth-order valence-electron chi connectivity index (χ4n) is 2.29. The zero-order valence-electron chi connectivity index (χ0n) is 10.3. The van der Waals surface area contributed by atoms with Gasteiger partial charge in [-0.15, -0.1) is 0 Å². The number of hydrogen-bond donors (Lipinski definition) is 0.